The fourth-order valence-corrected chi connectivity index (χ4v) is 1.53. The molecule has 18 heavy (non-hydrogen) atoms. The molecule has 1 aromatic rings. The predicted molar refractivity (Wildman–Crippen MR) is 70.1 cm³/mol. The Kier molecular flexibility index (Phi) is 5.70. The van der Waals surface area contributed by atoms with Gasteiger partial charge in [0.05, 0.1) is 22.9 Å². The average molecular weight is 243 g/mol. The van der Waals surface area contributed by atoms with Crippen molar-refractivity contribution < 1.29 is 4.74 Å². The Balaban J connectivity index is 2.57. The van der Waals surface area contributed by atoms with Crippen molar-refractivity contribution in [2.24, 2.45) is 0 Å². The van der Waals surface area contributed by atoms with Gasteiger partial charge in [0.25, 0.3) is 0 Å². The second-order valence-corrected chi connectivity index (χ2v) is 4.15. The quantitative estimate of drug-likeness (QED) is 0.780. The molecule has 0 radical (unpaired) electrons. The molecule has 4 heteroatoms. The van der Waals surface area contributed by atoms with Gasteiger partial charge in [-0.25, -0.2) is 0 Å². The van der Waals surface area contributed by atoms with Gasteiger partial charge in [-0.1, -0.05) is 6.07 Å². The van der Waals surface area contributed by atoms with E-state index in [1.165, 1.54) is 0 Å². The largest absolute Gasteiger partial charge is 0.383 e. The molecule has 0 bridgehead atoms. The molecular weight excluding hydrogens is 226 g/mol. The molecule has 0 aliphatic heterocycles. The van der Waals surface area contributed by atoms with Crippen molar-refractivity contribution >= 4 is 5.69 Å². The van der Waals surface area contributed by atoms with Crippen LogP contribution in [0.5, 0.6) is 0 Å². The molecule has 0 saturated carbocycles. The van der Waals surface area contributed by atoms with Crippen LogP contribution in [-0.4, -0.2) is 19.3 Å². The van der Waals surface area contributed by atoms with E-state index in [0.29, 0.717) is 30.0 Å². The lowest BCUT2D eigenvalue weighted by atomic mass is 10.1. The van der Waals surface area contributed by atoms with Gasteiger partial charge in [0.2, 0.25) is 0 Å². The van der Waals surface area contributed by atoms with Gasteiger partial charge in [-0.2, -0.15) is 10.5 Å². The van der Waals surface area contributed by atoms with Crippen molar-refractivity contribution in [1.82, 2.24) is 0 Å². The summed E-state index contributed by atoms with van der Waals surface area (Å²) >= 11 is 0. The summed E-state index contributed by atoms with van der Waals surface area (Å²) in [5, 5.41) is 21.1. The average Bonchev–Trinajstić information content (AvgIpc) is 2.37. The molecule has 94 valence electrons. The van der Waals surface area contributed by atoms with E-state index in [-0.39, 0.29) is 6.10 Å². The molecule has 0 aliphatic carbocycles. The Labute approximate surface area is 108 Å². The van der Waals surface area contributed by atoms with Gasteiger partial charge in [0.15, 0.2) is 0 Å². The Morgan fingerprint density at radius 3 is 2.33 bits per heavy atom. The van der Waals surface area contributed by atoms with Crippen LogP contribution in [0.3, 0.4) is 0 Å². The minimum Gasteiger partial charge on any atom is -0.383 e. The maximum atomic E-state index is 8.99. The highest BCUT2D eigenvalue weighted by Crippen LogP contribution is 2.19. The van der Waals surface area contributed by atoms with Crippen LogP contribution in [0, 0.1) is 22.7 Å². The van der Waals surface area contributed by atoms with Crippen LogP contribution >= 0.6 is 0 Å². The summed E-state index contributed by atoms with van der Waals surface area (Å²) in [6.45, 7) is 5.33. The number of nitrogens with zero attached hydrogens (tertiary/aromatic N) is 2. The molecule has 1 aromatic carbocycles. The summed E-state index contributed by atoms with van der Waals surface area (Å²) in [5.74, 6) is 0. The van der Waals surface area contributed by atoms with E-state index >= 15 is 0 Å². The van der Waals surface area contributed by atoms with Crippen LogP contribution in [0.4, 0.5) is 5.69 Å². The summed E-state index contributed by atoms with van der Waals surface area (Å²) in [5.41, 5.74) is 1.62. The van der Waals surface area contributed by atoms with Gasteiger partial charge in [0, 0.05) is 13.2 Å². The molecule has 0 aliphatic rings. The first-order valence-electron chi connectivity index (χ1n) is 5.97. The molecular formula is C14H17N3O. The number of hydrogen-bond donors (Lipinski definition) is 1. The maximum Gasteiger partial charge on any atom is 0.101 e. The van der Waals surface area contributed by atoms with E-state index < -0.39 is 0 Å². The van der Waals surface area contributed by atoms with Crippen LogP contribution in [-0.2, 0) is 4.74 Å². The molecule has 0 unspecified atom stereocenters. The van der Waals surface area contributed by atoms with Gasteiger partial charge >= 0.3 is 0 Å². The lowest BCUT2D eigenvalue weighted by Crippen LogP contribution is -2.10. The van der Waals surface area contributed by atoms with E-state index in [0.717, 1.165) is 6.42 Å². The second-order valence-electron chi connectivity index (χ2n) is 4.15. The van der Waals surface area contributed by atoms with E-state index in [1.54, 1.807) is 18.2 Å². The molecule has 0 fully saturated rings. The van der Waals surface area contributed by atoms with Gasteiger partial charge in [-0.15, -0.1) is 0 Å². The molecule has 0 heterocycles. The first kappa shape index (κ1) is 14.0. The Morgan fingerprint density at radius 2 is 1.83 bits per heavy atom. The van der Waals surface area contributed by atoms with Crippen LogP contribution in [0.2, 0.25) is 0 Å². The number of ether oxygens (including phenoxy) is 1. The number of nitrogens with one attached hydrogen (secondary N) is 1. The van der Waals surface area contributed by atoms with Crippen molar-refractivity contribution in [3.8, 4) is 12.1 Å². The first-order chi connectivity index (χ1) is 8.69. The maximum absolute atomic E-state index is 8.99. The topological polar surface area (TPSA) is 68.8 Å². The SMILES string of the molecule is CC(C)OCCCNc1c(C#N)cccc1C#N. The van der Waals surface area contributed by atoms with Gasteiger partial charge < -0.3 is 10.1 Å². The minimum atomic E-state index is 0.228. The van der Waals surface area contributed by atoms with Crippen molar-refractivity contribution in [3.63, 3.8) is 0 Å². The molecule has 0 aromatic heterocycles. The zero-order valence-electron chi connectivity index (χ0n) is 10.7. The summed E-state index contributed by atoms with van der Waals surface area (Å²) in [4.78, 5) is 0. The Bertz CT molecular complexity index is 437. The lowest BCUT2D eigenvalue weighted by molar-refractivity contribution is 0.0787. The number of hydrogen-bond acceptors (Lipinski definition) is 4. The summed E-state index contributed by atoms with van der Waals surface area (Å²) in [7, 11) is 0. The van der Waals surface area contributed by atoms with Crippen LogP contribution < -0.4 is 5.32 Å². The standard InChI is InChI=1S/C14H17N3O/c1-11(2)18-8-4-7-17-14-12(9-15)5-3-6-13(14)10-16/h3,5-6,11,17H,4,7-8H2,1-2H3. The van der Waals surface area contributed by atoms with Crippen LogP contribution in [0.1, 0.15) is 31.4 Å². The van der Waals surface area contributed by atoms with Crippen molar-refractivity contribution in [2.45, 2.75) is 26.4 Å². The fourth-order valence-electron chi connectivity index (χ4n) is 1.53. The monoisotopic (exact) mass is 243 g/mol. The van der Waals surface area contributed by atoms with Gasteiger partial charge in [-0.05, 0) is 32.4 Å². The third kappa shape index (κ3) is 4.08. The number of rotatable bonds is 6. The highest BCUT2D eigenvalue weighted by molar-refractivity contribution is 5.66. The minimum absolute atomic E-state index is 0.228. The normalized spacial score (nSPS) is 9.83. The van der Waals surface area contributed by atoms with Crippen LogP contribution in [0.15, 0.2) is 18.2 Å². The summed E-state index contributed by atoms with van der Waals surface area (Å²) < 4.78 is 5.42. The van der Waals surface area contributed by atoms with Crippen LogP contribution in [0.25, 0.3) is 0 Å². The highest BCUT2D eigenvalue weighted by atomic mass is 16.5. The van der Waals surface area contributed by atoms with Gasteiger partial charge in [-0.3, -0.25) is 0 Å². The summed E-state index contributed by atoms with van der Waals surface area (Å²) in [6.07, 6.45) is 1.06. The smallest absolute Gasteiger partial charge is 0.101 e. The number of benzene rings is 1. The van der Waals surface area contributed by atoms with E-state index in [9.17, 15) is 0 Å². The molecule has 1 N–H and O–H groups in total. The third-order valence-electron chi connectivity index (χ3n) is 2.38. The predicted octanol–water partition coefficient (Wildman–Crippen LogP) is 2.66. The summed E-state index contributed by atoms with van der Waals surface area (Å²) in [6, 6.07) is 9.29. The Hall–Kier alpha value is -2.04. The fraction of sp³-hybridized carbons (Fsp3) is 0.429. The van der Waals surface area contributed by atoms with Crippen molar-refractivity contribution in [1.29, 1.82) is 10.5 Å². The molecule has 0 saturated heterocycles. The van der Waals surface area contributed by atoms with Gasteiger partial charge in [0.1, 0.15) is 12.1 Å². The number of nitriles is 2. The first-order valence-corrected chi connectivity index (χ1v) is 5.97. The van der Waals surface area contributed by atoms with E-state index in [2.05, 4.69) is 17.5 Å². The van der Waals surface area contributed by atoms with E-state index in [4.69, 9.17) is 15.3 Å². The van der Waals surface area contributed by atoms with Crippen molar-refractivity contribution in [2.75, 3.05) is 18.5 Å². The number of para-hydroxylation sites is 1. The molecule has 4 nitrogen and oxygen atoms in total. The zero-order valence-corrected chi connectivity index (χ0v) is 10.7. The second kappa shape index (κ2) is 7.32. The molecule has 0 spiro atoms. The Morgan fingerprint density at radius 1 is 1.22 bits per heavy atom. The molecule has 0 amide bonds. The zero-order chi connectivity index (χ0) is 13.4. The lowest BCUT2D eigenvalue weighted by Gasteiger charge is -2.11. The third-order valence-corrected chi connectivity index (χ3v) is 2.38. The van der Waals surface area contributed by atoms with E-state index in [1.807, 2.05) is 13.8 Å². The molecule has 0 atom stereocenters. The number of anilines is 1. The highest BCUT2D eigenvalue weighted by Gasteiger charge is 2.06. The van der Waals surface area contributed by atoms with Crippen molar-refractivity contribution in [3.05, 3.63) is 29.3 Å². The molecule has 1 rings (SSSR count).